The van der Waals surface area contributed by atoms with Crippen molar-refractivity contribution in [1.82, 2.24) is 4.98 Å². The minimum absolute atomic E-state index is 0.509. The lowest BCUT2D eigenvalue weighted by Crippen LogP contribution is -2.02. The maximum absolute atomic E-state index is 10.3. The molecule has 0 aliphatic heterocycles. The molecular weight excluding hydrogens is 278 g/mol. The molecular formula is C15H12ClNOS. The van der Waals surface area contributed by atoms with Crippen molar-refractivity contribution in [3.8, 4) is 0 Å². The Morgan fingerprint density at radius 3 is 2.95 bits per heavy atom. The van der Waals surface area contributed by atoms with E-state index in [-0.39, 0.29) is 0 Å². The van der Waals surface area contributed by atoms with Crippen molar-refractivity contribution in [3.05, 3.63) is 64.3 Å². The molecule has 1 atom stereocenters. The molecule has 0 saturated carbocycles. The lowest BCUT2D eigenvalue weighted by atomic mass is 10.0. The quantitative estimate of drug-likeness (QED) is 0.783. The molecule has 0 aliphatic carbocycles. The van der Waals surface area contributed by atoms with Gasteiger partial charge in [0.1, 0.15) is 0 Å². The highest BCUT2D eigenvalue weighted by Crippen LogP contribution is 2.31. The van der Waals surface area contributed by atoms with Gasteiger partial charge >= 0.3 is 0 Å². The third-order valence-corrected chi connectivity index (χ3v) is 4.47. The summed E-state index contributed by atoms with van der Waals surface area (Å²) in [4.78, 5) is 3.93. The van der Waals surface area contributed by atoms with E-state index in [0.29, 0.717) is 11.4 Å². The van der Waals surface area contributed by atoms with Crippen LogP contribution in [0, 0.1) is 0 Å². The van der Waals surface area contributed by atoms with Crippen LogP contribution in [0.15, 0.2) is 48.1 Å². The van der Waals surface area contributed by atoms with Crippen LogP contribution in [0.2, 0.25) is 5.02 Å². The molecule has 4 heteroatoms. The monoisotopic (exact) mass is 289 g/mol. The Labute approximate surface area is 120 Å². The zero-order valence-electron chi connectivity index (χ0n) is 10.1. The van der Waals surface area contributed by atoms with Gasteiger partial charge in [-0.3, -0.25) is 4.98 Å². The van der Waals surface area contributed by atoms with E-state index in [4.69, 9.17) is 11.6 Å². The number of aliphatic hydroxyl groups is 1. The topological polar surface area (TPSA) is 33.1 Å². The average Bonchev–Trinajstić information content (AvgIpc) is 2.83. The molecule has 19 heavy (non-hydrogen) atoms. The Morgan fingerprint density at radius 2 is 2.11 bits per heavy atom. The fraction of sp³-hybridized carbons (Fsp3) is 0.133. The number of fused-ring (bicyclic) bond motifs is 1. The van der Waals surface area contributed by atoms with E-state index in [1.165, 1.54) is 10.1 Å². The van der Waals surface area contributed by atoms with Gasteiger partial charge in [0, 0.05) is 29.1 Å². The molecule has 0 radical (unpaired) electrons. The molecule has 3 aromatic rings. The first kappa shape index (κ1) is 12.6. The average molecular weight is 290 g/mol. The highest BCUT2D eigenvalue weighted by atomic mass is 35.5. The predicted octanol–water partition coefficient (Wildman–Crippen LogP) is 4.23. The number of nitrogens with zero attached hydrogens (tertiary/aromatic N) is 1. The smallest absolute Gasteiger partial charge is 0.0846 e. The highest BCUT2D eigenvalue weighted by molar-refractivity contribution is 7.17. The maximum atomic E-state index is 10.3. The number of aliphatic hydroxyl groups excluding tert-OH is 1. The third-order valence-electron chi connectivity index (χ3n) is 3.14. The minimum Gasteiger partial charge on any atom is -0.388 e. The SMILES string of the molecule is OC(Cc1csc2ccccc12)c1ccncc1Cl. The molecule has 2 nitrogen and oxygen atoms in total. The van der Waals surface area contributed by atoms with Crippen LogP contribution in [-0.4, -0.2) is 10.1 Å². The first-order valence-electron chi connectivity index (χ1n) is 5.98. The molecule has 96 valence electrons. The van der Waals surface area contributed by atoms with E-state index in [1.807, 2.05) is 12.1 Å². The van der Waals surface area contributed by atoms with Crippen molar-refractivity contribution >= 4 is 33.0 Å². The number of hydrogen-bond acceptors (Lipinski definition) is 3. The van der Waals surface area contributed by atoms with Gasteiger partial charge in [-0.2, -0.15) is 0 Å². The van der Waals surface area contributed by atoms with Crippen LogP contribution in [0.1, 0.15) is 17.2 Å². The van der Waals surface area contributed by atoms with Gasteiger partial charge in [0.05, 0.1) is 11.1 Å². The summed E-state index contributed by atoms with van der Waals surface area (Å²) in [5.41, 5.74) is 1.88. The largest absolute Gasteiger partial charge is 0.388 e. The van der Waals surface area contributed by atoms with Crippen molar-refractivity contribution in [3.63, 3.8) is 0 Å². The standard InChI is InChI=1S/C15H12ClNOS/c16-13-8-17-6-5-12(13)14(18)7-10-9-19-15-4-2-1-3-11(10)15/h1-6,8-9,14,18H,7H2. The van der Waals surface area contributed by atoms with Crippen molar-refractivity contribution < 1.29 is 5.11 Å². The van der Waals surface area contributed by atoms with E-state index < -0.39 is 6.10 Å². The second-order valence-corrected chi connectivity index (χ2v) is 5.69. The number of aromatic nitrogens is 1. The summed E-state index contributed by atoms with van der Waals surface area (Å²) in [6.45, 7) is 0. The Morgan fingerprint density at radius 1 is 1.26 bits per heavy atom. The minimum atomic E-state index is -0.603. The van der Waals surface area contributed by atoms with Gasteiger partial charge < -0.3 is 5.11 Å². The molecule has 1 unspecified atom stereocenters. The molecule has 2 heterocycles. The van der Waals surface area contributed by atoms with E-state index in [0.717, 1.165) is 11.1 Å². The van der Waals surface area contributed by atoms with Crippen LogP contribution in [0.25, 0.3) is 10.1 Å². The second kappa shape index (κ2) is 5.29. The highest BCUT2D eigenvalue weighted by Gasteiger charge is 2.14. The lowest BCUT2D eigenvalue weighted by molar-refractivity contribution is 0.179. The second-order valence-electron chi connectivity index (χ2n) is 4.37. The molecule has 0 fully saturated rings. The Bertz CT molecular complexity index is 710. The molecule has 0 saturated heterocycles. The van der Waals surface area contributed by atoms with Gasteiger partial charge in [0.15, 0.2) is 0 Å². The van der Waals surface area contributed by atoms with Gasteiger partial charge in [-0.05, 0) is 28.5 Å². The van der Waals surface area contributed by atoms with Gasteiger partial charge in [0.25, 0.3) is 0 Å². The van der Waals surface area contributed by atoms with Gasteiger partial charge in [-0.25, -0.2) is 0 Å². The summed E-state index contributed by atoms with van der Waals surface area (Å²) >= 11 is 7.76. The number of hydrogen-bond donors (Lipinski definition) is 1. The van der Waals surface area contributed by atoms with Crippen LogP contribution in [0.5, 0.6) is 0 Å². The van der Waals surface area contributed by atoms with Crippen LogP contribution in [0.4, 0.5) is 0 Å². The van der Waals surface area contributed by atoms with E-state index in [1.54, 1.807) is 29.8 Å². The molecule has 0 aliphatic rings. The summed E-state index contributed by atoms with van der Waals surface area (Å²) in [7, 11) is 0. The molecule has 0 bridgehead atoms. The first-order valence-corrected chi connectivity index (χ1v) is 7.24. The number of rotatable bonds is 3. The van der Waals surface area contributed by atoms with Crippen molar-refractivity contribution in [2.75, 3.05) is 0 Å². The fourth-order valence-electron chi connectivity index (χ4n) is 2.17. The molecule has 1 aromatic carbocycles. The van der Waals surface area contributed by atoms with Crippen molar-refractivity contribution in [2.24, 2.45) is 0 Å². The Hall–Kier alpha value is -1.42. The zero-order chi connectivity index (χ0) is 13.2. The van der Waals surface area contributed by atoms with Gasteiger partial charge in [-0.15, -0.1) is 11.3 Å². The van der Waals surface area contributed by atoms with E-state index >= 15 is 0 Å². The number of pyridine rings is 1. The normalized spacial score (nSPS) is 12.7. The Balaban J connectivity index is 1.91. The summed E-state index contributed by atoms with van der Waals surface area (Å²) in [5.74, 6) is 0. The van der Waals surface area contributed by atoms with Crippen LogP contribution < -0.4 is 0 Å². The summed E-state index contributed by atoms with van der Waals surface area (Å²) in [6, 6.07) is 9.99. The van der Waals surface area contributed by atoms with Crippen LogP contribution in [-0.2, 0) is 6.42 Å². The van der Waals surface area contributed by atoms with Gasteiger partial charge in [-0.1, -0.05) is 29.8 Å². The molecule has 1 N–H and O–H groups in total. The van der Waals surface area contributed by atoms with Crippen molar-refractivity contribution in [2.45, 2.75) is 12.5 Å². The molecule has 3 rings (SSSR count). The van der Waals surface area contributed by atoms with Crippen LogP contribution >= 0.6 is 22.9 Å². The zero-order valence-corrected chi connectivity index (χ0v) is 11.7. The maximum Gasteiger partial charge on any atom is 0.0846 e. The summed E-state index contributed by atoms with van der Waals surface area (Å²) in [5, 5.41) is 14.1. The number of thiophene rings is 1. The summed E-state index contributed by atoms with van der Waals surface area (Å²) < 4.78 is 1.24. The van der Waals surface area contributed by atoms with E-state index in [9.17, 15) is 5.11 Å². The molecule has 0 spiro atoms. The third kappa shape index (κ3) is 2.50. The van der Waals surface area contributed by atoms with E-state index in [2.05, 4.69) is 22.5 Å². The van der Waals surface area contributed by atoms with Crippen molar-refractivity contribution in [1.29, 1.82) is 0 Å². The first-order chi connectivity index (χ1) is 9.25. The van der Waals surface area contributed by atoms with Crippen LogP contribution in [0.3, 0.4) is 0 Å². The molecule has 2 aromatic heterocycles. The number of halogens is 1. The number of benzene rings is 1. The summed E-state index contributed by atoms with van der Waals surface area (Å²) in [6.07, 6.45) is 3.17. The lowest BCUT2D eigenvalue weighted by Gasteiger charge is -2.11. The molecule has 0 amide bonds. The predicted molar refractivity (Wildman–Crippen MR) is 79.7 cm³/mol. The van der Waals surface area contributed by atoms with Gasteiger partial charge in [0.2, 0.25) is 0 Å². The fourth-order valence-corrected chi connectivity index (χ4v) is 3.39. The Kier molecular flexibility index (Phi) is 3.51.